The van der Waals surface area contributed by atoms with Crippen LogP contribution in [0.4, 0.5) is 5.69 Å². The molecule has 2 bridgehead atoms. The molecule has 2 aromatic carbocycles. The molecule has 1 saturated heterocycles. The Morgan fingerprint density at radius 2 is 1.88 bits per heavy atom. The van der Waals surface area contributed by atoms with Gasteiger partial charge in [0.15, 0.2) is 0 Å². The fourth-order valence-corrected chi connectivity index (χ4v) is 8.82. The molecule has 3 N–H and O–H groups in total. The Hall–Kier alpha value is -3.60. The average Bonchev–Trinajstić information content (AvgIpc) is 3.43. The van der Waals surface area contributed by atoms with Gasteiger partial charge in [-0.2, -0.15) is 5.06 Å². The lowest BCUT2D eigenvalue weighted by atomic mass is 9.45. The van der Waals surface area contributed by atoms with E-state index in [1.807, 2.05) is 46.1 Å². The van der Waals surface area contributed by atoms with E-state index in [0.29, 0.717) is 47.8 Å². The minimum atomic E-state index is -0.643. The molecule has 0 unspecified atom stereocenters. The summed E-state index contributed by atoms with van der Waals surface area (Å²) in [4.78, 5) is 36.9. The van der Waals surface area contributed by atoms with Crippen LogP contribution in [-0.2, 0) is 32.3 Å². The Bertz CT molecular complexity index is 1580. The fourth-order valence-electron chi connectivity index (χ4n) is 8.82. The van der Waals surface area contributed by atoms with Crippen LogP contribution < -0.4 is 20.7 Å². The van der Waals surface area contributed by atoms with Crippen molar-refractivity contribution >= 4 is 17.5 Å². The number of ether oxygens (including phenoxy) is 2. The van der Waals surface area contributed by atoms with E-state index in [1.54, 1.807) is 31.0 Å². The third-order valence-electron chi connectivity index (χ3n) is 11.9. The lowest BCUT2D eigenvalue weighted by molar-refractivity contribution is -0.175. The Balaban J connectivity index is 1.49. The molecule has 274 valence electrons. The minimum absolute atomic E-state index is 0.00114. The van der Waals surface area contributed by atoms with Crippen molar-refractivity contribution in [2.75, 3.05) is 39.7 Å². The van der Waals surface area contributed by atoms with E-state index >= 15 is 0 Å². The van der Waals surface area contributed by atoms with Crippen LogP contribution in [0, 0.1) is 29.1 Å². The molecule has 6 rings (SSSR count). The summed E-state index contributed by atoms with van der Waals surface area (Å²) in [5.41, 5.74) is 11.4. The molecule has 2 aromatic rings. The number of anilines is 1. The number of para-hydroxylation sites is 1. The highest BCUT2D eigenvalue weighted by atomic mass is 16.7. The molecule has 3 aliphatic carbocycles. The number of carbonyl (C=O) groups excluding carboxylic acids is 2. The smallest absolute Gasteiger partial charge is 0.240 e. The lowest BCUT2D eigenvalue weighted by Crippen LogP contribution is -2.62. The first-order valence-corrected chi connectivity index (χ1v) is 18.0. The van der Waals surface area contributed by atoms with Gasteiger partial charge in [-0.3, -0.25) is 14.4 Å². The van der Waals surface area contributed by atoms with Crippen molar-refractivity contribution in [3.05, 3.63) is 59.9 Å². The molecule has 0 radical (unpaired) electrons. The summed E-state index contributed by atoms with van der Waals surface area (Å²) in [6.07, 6.45) is 1.44. The predicted molar refractivity (Wildman–Crippen MR) is 198 cm³/mol. The second-order valence-corrected chi connectivity index (χ2v) is 15.7. The molecular formula is C40H59N5O5. The van der Waals surface area contributed by atoms with E-state index in [9.17, 15) is 9.59 Å². The number of allylic oxidation sites excluding steroid dienone is 1. The Labute approximate surface area is 299 Å². The monoisotopic (exact) mass is 689 g/mol. The van der Waals surface area contributed by atoms with Crippen LogP contribution in [0.25, 0.3) is 11.1 Å². The van der Waals surface area contributed by atoms with Gasteiger partial charge in [-0.1, -0.05) is 45.5 Å². The highest BCUT2D eigenvalue weighted by molar-refractivity contribution is 5.83. The molecule has 0 spiro atoms. The summed E-state index contributed by atoms with van der Waals surface area (Å²) >= 11 is 0. The summed E-state index contributed by atoms with van der Waals surface area (Å²) in [7, 11) is 7.48. The zero-order chi connectivity index (χ0) is 36.7. The standard InChI is InChI=1S/C40H59N5O5/c1-23(2)49-25(4)36-35(20-41)50-45(37(36)39(47)42-34-19-30-18-33(24(34)3)40(30,6)7)22-28-13-12-14-32(38(28)48-11)29-15-27(21-44(10)26(5)46)16-31(17-29)43(8)9/h12-17,24-25,30,33-37H,1,18-22,41H2,2-11H3,(H,42,47)/t24-,25-,30-,33+,34-,35-,36+,37-/m0/s1. The first-order valence-electron chi connectivity index (χ1n) is 18.0. The first-order chi connectivity index (χ1) is 23.6. The third kappa shape index (κ3) is 7.39. The number of hydrogen-bond donors (Lipinski definition) is 2. The second-order valence-electron chi connectivity index (χ2n) is 15.7. The van der Waals surface area contributed by atoms with Gasteiger partial charge >= 0.3 is 0 Å². The normalized spacial score (nSPS) is 27.5. The number of carbonyl (C=O) groups is 2. The molecule has 1 heterocycles. The first kappa shape index (κ1) is 37.7. The van der Waals surface area contributed by atoms with Crippen LogP contribution in [-0.4, -0.2) is 80.9 Å². The molecule has 10 nitrogen and oxygen atoms in total. The average molecular weight is 690 g/mol. The third-order valence-corrected chi connectivity index (χ3v) is 11.9. The Morgan fingerprint density at radius 3 is 2.46 bits per heavy atom. The van der Waals surface area contributed by atoms with Gasteiger partial charge in [0.05, 0.1) is 31.4 Å². The molecule has 50 heavy (non-hydrogen) atoms. The van der Waals surface area contributed by atoms with Gasteiger partial charge in [-0.25, -0.2) is 0 Å². The van der Waals surface area contributed by atoms with Crippen molar-refractivity contribution in [3.8, 4) is 16.9 Å². The SMILES string of the molecule is C=C(C)O[C@@H](C)[C@@H]1[C@H](CN)ON(Cc2cccc(-c3cc(CN(C)C(C)=O)cc(N(C)C)c3)c2OC)[C@@H]1C(=O)N[C@H]1C[C@@H]2C[C@H]([C@@H]1C)C2(C)C. The highest BCUT2D eigenvalue weighted by Crippen LogP contribution is 2.61. The van der Waals surface area contributed by atoms with Gasteiger partial charge < -0.3 is 30.3 Å². The second kappa shape index (κ2) is 14.9. The maximum atomic E-state index is 14.5. The quantitative estimate of drug-likeness (QED) is 0.262. The number of nitrogens with one attached hydrogen (secondary N) is 1. The minimum Gasteiger partial charge on any atom is -0.496 e. The number of methoxy groups -OCH3 is 1. The summed E-state index contributed by atoms with van der Waals surface area (Å²) in [6, 6.07) is 11.8. The van der Waals surface area contributed by atoms with Crippen LogP contribution in [0.1, 0.15) is 65.5 Å². The molecule has 1 aliphatic heterocycles. The number of rotatable bonds is 13. The van der Waals surface area contributed by atoms with Crippen LogP contribution in [0.15, 0.2) is 48.7 Å². The molecule has 8 atom stereocenters. The van der Waals surface area contributed by atoms with Gasteiger partial charge in [0.2, 0.25) is 11.8 Å². The van der Waals surface area contributed by atoms with Crippen molar-refractivity contribution in [3.63, 3.8) is 0 Å². The van der Waals surface area contributed by atoms with Gasteiger partial charge in [-0.05, 0) is 79.2 Å². The highest BCUT2D eigenvalue weighted by Gasteiger charge is 2.57. The number of hydrogen-bond acceptors (Lipinski definition) is 8. The molecule has 0 aromatic heterocycles. The van der Waals surface area contributed by atoms with Crippen molar-refractivity contribution in [2.24, 2.45) is 34.8 Å². The van der Waals surface area contributed by atoms with E-state index in [0.717, 1.165) is 34.4 Å². The van der Waals surface area contributed by atoms with Crippen molar-refractivity contribution in [1.82, 2.24) is 15.3 Å². The largest absolute Gasteiger partial charge is 0.496 e. The van der Waals surface area contributed by atoms with E-state index in [2.05, 4.69) is 55.8 Å². The summed E-state index contributed by atoms with van der Waals surface area (Å²) in [5.74, 6) is 2.49. The number of fused-ring (bicyclic) bond motifs is 2. The molecule has 4 aliphatic rings. The Morgan fingerprint density at radius 1 is 1.16 bits per heavy atom. The number of amides is 2. The van der Waals surface area contributed by atoms with Crippen LogP contribution in [0.2, 0.25) is 0 Å². The van der Waals surface area contributed by atoms with Crippen LogP contribution >= 0.6 is 0 Å². The maximum Gasteiger partial charge on any atom is 0.240 e. The fraction of sp³-hybridized carbons (Fsp3) is 0.600. The zero-order valence-corrected chi connectivity index (χ0v) is 31.8. The van der Waals surface area contributed by atoms with Crippen LogP contribution in [0.5, 0.6) is 5.75 Å². The van der Waals surface area contributed by atoms with Gasteiger partial charge in [0.25, 0.3) is 0 Å². The topological polar surface area (TPSA) is 110 Å². The van der Waals surface area contributed by atoms with Crippen molar-refractivity contribution < 1.29 is 23.9 Å². The number of hydroxylamine groups is 2. The van der Waals surface area contributed by atoms with Crippen LogP contribution in [0.3, 0.4) is 0 Å². The van der Waals surface area contributed by atoms with E-state index in [-0.39, 0.29) is 36.4 Å². The zero-order valence-electron chi connectivity index (χ0n) is 31.8. The van der Waals surface area contributed by atoms with E-state index in [1.165, 1.54) is 6.42 Å². The van der Waals surface area contributed by atoms with Crippen molar-refractivity contribution in [1.29, 1.82) is 0 Å². The number of nitrogens with zero attached hydrogens (tertiary/aromatic N) is 3. The molecule has 4 fully saturated rings. The van der Waals surface area contributed by atoms with Gasteiger partial charge in [0, 0.05) is 64.0 Å². The predicted octanol–water partition coefficient (Wildman–Crippen LogP) is 5.59. The molecule has 10 heteroatoms. The van der Waals surface area contributed by atoms with E-state index < -0.39 is 12.1 Å². The van der Waals surface area contributed by atoms with E-state index in [4.69, 9.17) is 20.0 Å². The Kier molecular flexibility index (Phi) is 11.2. The van der Waals surface area contributed by atoms with Gasteiger partial charge in [-0.15, -0.1) is 0 Å². The summed E-state index contributed by atoms with van der Waals surface area (Å²) in [6.45, 7) is 17.4. The maximum absolute atomic E-state index is 14.5. The molecule has 2 amide bonds. The summed E-state index contributed by atoms with van der Waals surface area (Å²) < 4.78 is 12.2. The van der Waals surface area contributed by atoms with Gasteiger partial charge in [0.1, 0.15) is 17.9 Å². The lowest BCUT2D eigenvalue weighted by Gasteiger charge is -2.62. The number of benzene rings is 2. The molecular weight excluding hydrogens is 630 g/mol. The van der Waals surface area contributed by atoms with Crippen molar-refractivity contribution in [2.45, 2.75) is 91.8 Å². The molecule has 3 saturated carbocycles. The summed E-state index contributed by atoms with van der Waals surface area (Å²) in [5, 5.41) is 5.27. The number of nitrogens with two attached hydrogens (primary N) is 1.